The molecule has 0 aliphatic rings. The van der Waals surface area contributed by atoms with Crippen molar-refractivity contribution in [2.24, 2.45) is 0 Å². The normalized spacial score (nSPS) is 11.5. The monoisotopic (exact) mass is 369 g/mol. The van der Waals surface area contributed by atoms with E-state index in [-0.39, 0.29) is 17.7 Å². The molecule has 0 bridgehead atoms. The van der Waals surface area contributed by atoms with Crippen LogP contribution < -0.4 is 14.8 Å². The third-order valence-corrected chi connectivity index (χ3v) is 4.34. The Labute approximate surface area is 160 Å². The highest BCUT2D eigenvalue weighted by Crippen LogP contribution is 2.20. The van der Waals surface area contributed by atoms with Gasteiger partial charge >= 0.3 is 0 Å². The lowest BCUT2D eigenvalue weighted by Crippen LogP contribution is -2.28. The number of rotatable bonds is 10. The van der Waals surface area contributed by atoms with Gasteiger partial charge in [0.05, 0.1) is 19.8 Å². The van der Waals surface area contributed by atoms with E-state index in [0.717, 1.165) is 17.7 Å². The Hall–Kier alpha value is -2.82. The second kappa shape index (κ2) is 10.4. The highest BCUT2D eigenvalue weighted by atomic mass is 16.5. The number of carbonyl (C=O) groups is 2. The molecule has 1 N–H and O–H groups in total. The summed E-state index contributed by atoms with van der Waals surface area (Å²) in [5, 5.41) is 3.07. The van der Waals surface area contributed by atoms with Crippen molar-refractivity contribution in [3.63, 3.8) is 0 Å². The predicted molar refractivity (Wildman–Crippen MR) is 105 cm³/mol. The van der Waals surface area contributed by atoms with E-state index in [2.05, 4.69) is 5.32 Å². The van der Waals surface area contributed by atoms with Crippen molar-refractivity contribution in [2.45, 2.75) is 39.2 Å². The van der Waals surface area contributed by atoms with Gasteiger partial charge in [-0.2, -0.15) is 0 Å². The van der Waals surface area contributed by atoms with Crippen LogP contribution in [0.15, 0.2) is 48.5 Å². The van der Waals surface area contributed by atoms with Gasteiger partial charge in [0, 0.05) is 12.0 Å². The lowest BCUT2D eigenvalue weighted by atomic mass is 10.0. The van der Waals surface area contributed by atoms with Crippen LogP contribution in [0.2, 0.25) is 0 Å². The molecule has 144 valence electrons. The van der Waals surface area contributed by atoms with Crippen LogP contribution in [-0.2, 0) is 4.79 Å². The molecule has 0 heterocycles. The number of Topliss-reactive ketones (excluding diaryl/α,β-unsaturated/α-hetero) is 1. The number of carbonyl (C=O) groups excluding carboxylic acids is 2. The SMILES string of the molecule is CCC(NC(=O)CCCOc1ccc(C(C)=O)cc1)c1ccc(OC)cc1. The Morgan fingerprint density at radius 2 is 1.63 bits per heavy atom. The fourth-order valence-electron chi connectivity index (χ4n) is 2.73. The number of ether oxygens (including phenoxy) is 2. The van der Waals surface area contributed by atoms with E-state index in [0.29, 0.717) is 30.8 Å². The van der Waals surface area contributed by atoms with E-state index in [1.165, 1.54) is 6.92 Å². The van der Waals surface area contributed by atoms with E-state index in [1.54, 1.807) is 31.4 Å². The third-order valence-electron chi connectivity index (χ3n) is 4.34. The van der Waals surface area contributed by atoms with E-state index < -0.39 is 0 Å². The minimum absolute atomic E-state index is 0.00759. The molecule has 0 aromatic heterocycles. The van der Waals surface area contributed by atoms with Crippen molar-refractivity contribution in [1.82, 2.24) is 5.32 Å². The molecule has 0 spiro atoms. The largest absolute Gasteiger partial charge is 0.497 e. The van der Waals surface area contributed by atoms with Crippen LogP contribution in [0.1, 0.15) is 55.1 Å². The topological polar surface area (TPSA) is 64.6 Å². The molecule has 1 amide bonds. The van der Waals surface area contributed by atoms with E-state index in [4.69, 9.17) is 9.47 Å². The summed E-state index contributed by atoms with van der Waals surface area (Å²) in [6.07, 6.45) is 1.84. The Kier molecular flexibility index (Phi) is 7.86. The second-order valence-electron chi connectivity index (χ2n) is 6.33. The van der Waals surface area contributed by atoms with Crippen molar-refractivity contribution < 1.29 is 19.1 Å². The first-order valence-corrected chi connectivity index (χ1v) is 9.20. The zero-order chi connectivity index (χ0) is 19.6. The number of ketones is 1. The summed E-state index contributed by atoms with van der Waals surface area (Å²) in [4.78, 5) is 23.5. The van der Waals surface area contributed by atoms with Crippen molar-refractivity contribution in [1.29, 1.82) is 0 Å². The Morgan fingerprint density at radius 1 is 1.00 bits per heavy atom. The quantitative estimate of drug-likeness (QED) is 0.500. The summed E-state index contributed by atoms with van der Waals surface area (Å²) < 4.78 is 10.8. The maximum absolute atomic E-state index is 12.2. The van der Waals surface area contributed by atoms with Gasteiger partial charge in [0.25, 0.3) is 0 Å². The molecular weight excluding hydrogens is 342 g/mol. The number of amides is 1. The van der Waals surface area contributed by atoms with Crippen molar-refractivity contribution in [2.75, 3.05) is 13.7 Å². The highest BCUT2D eigenvalue weighted by molar-refractivity contribution is 5.94. The standard InChI is InChI=1S/C22H27NO4/c1-4-21(18-9-11-19(26-3)12-10-18)23-22(25)6-5-15-27-20-13-7-17(8-14-20)16(2)24/h7-14,21H,4-6,15H2,1-3H3,(H,23,25). The maximum atomic E-state index is 12.2. The van der Waals surface area contributed by atoms with Crippen LogP contribution >= 0.6 is 0 Å². The summed E-state index contributed by atoms with van der Waals surface area (Å²) in [5.41, 5.74) is 1.72. The summed E-state index contributed by atoms with van der Waals surface area (Å²) in [6.45, 7) is 4.03. The average Bonchev–Trinajstić information content (AvgIpc) is 2.70. The first-order valence-electron chi connectivity index (χ1n) is 9.20. The minimum Gasteiger partial charge on any atom is -0.497 e. The average molecular weight is 369 g/mol. The summed E-state index contributed by atoms with van der Waals surface area (Å²) in [7, 11) is 1.63. The van der Waals surface area contributed by atoms with Crippen LogP contribution in [0.5, 0.6) is 11.5 Å². The van der Waals surface area contributed by atoms with E-state index in [1.807, 2.05) is 31.2 Å². The Bertz CT molecular complexity index is 738. The third kappa shape index (κ3) is 6.44. The van der Waals surface area contributed by atoms with Gasteiger partial charge in [0.15, 0.2) is 5.78 Å². The zero-order valence-corrected chi connectivity index (χ0v) is 16.2. The van der Waals surface area contributed by atoms with Crippen LogP contribution in [0.25, 0.3) is 0 Å². The zero-order valence-electron chi connectivity index (χ0n) is 16.2. The van der Waals surface area contributed by atoms with E-state index in [9.17, 15) is 9.59 Å². The molecule has 2 aromatic rings. The molecule has 2 aromatic carbocycles. The molecule has 0 aliphatic heterocycles. The van der Waals surface area contributed by atoms with Crippen molar-refractivity contribution in [3.05, 3.63) is 59.7 Å². The number of hydrogen-bond donors (Lipinski definition) is 1. The van der Waals surface area contributed by atoms with Crippen LogP contribution in [0.3, 0.4) is 0 Å². The van der Waals surface area contributed by atoms with Gasteiger partial charge in [-0.1, -0.05) is 19.1 Å². The van der Waals surface area contributed by atoms with Crippen LogP contribution in [0.4, 0.5) is 0 Å². The van der Waals surface area contributed by atoms with E-state index >= 15 is 0 Å². The molecule has 0 saturated heterocycles. The fraction of sp³-hybridized carbons (Fsp3) is 0.364. The van der Waals surface area contributed by atoms with Gasteiger partial charge in [0.1, 0.15) is 11.5 Å². The molecule has 0 saturated carbocycles. The number of benzene rings is 2. The lowest BCUT2D eigenvalue weighted by Gasteiger charge is -2.18. The smallest absolute Gasteiger partial charge is 0.220 e. The second-order valence-corrected chi connectivity index (χ2v) is 6.33. The summed E-state index contributed by atoms with van der Waals surface area (Å²) in [6, 6.07) is 14.8. The van der Waals surface area contributed by atoms with Gasteiger partial charge in [-0.15, -0.1) is 0 Å². The lowest BCUT2D eigenvalue weighted by molar-refractivity contribution is -0.122. The maximum Gasteiger partial charge on any atom is 0.220 e. The van der Waals surface area contributed by atoms with Gasteiger partial charge in [-0.25, -0.2) is 0 Å². The molecule has 5 nitrogen and oxygen atoms in total. The van der Waals surface area contributed by atoms with Crippen LogP contribution in [0, 0.1) is 0 Å². The van der Waals surface area contributed by atoms with Gasteiger partial charge < -0.3 is 14.8 Å². The molecule has 0 aliphatic carbocycles. The first-order chi connectivity index (χ1) is 13.0. The van der Waals surface area contributed by atoms with Gasteiger partial charge in [0.2, 0.25) is 5.91 Å². The molecule has 5 heteroatoms. The minimum atomic E-state index is -0.0107. The molecule has 1 atom stereocenters. The van der Waals surface area contributed by atoms with Gasteiger partial charge in [-0.3, -0.25) is 9.59 Å². The highest BCUT2D eigenvalue weighted by Gasteiger charge is 2.12. The van der Waals surface area contributed by atoms with Crippen molar-refractivity contribution >= 4 is 11.7 Å². The fourth-order valence-corrected chi connectivity index (χ4v) is 2.73. The first kappa shape index (κ1) is 20.5. The molecule has 1 unspecified atom stereocenters. The molecule has 27 heavy (non-hydrogen) atoms. The molecule has 2 rings (SSSR count). The van der Waals surface area contributed by atoms with Crippen LogP contribution in [-0.4, -0.2) is 25.4 Å². The Morgan fingerprint density at radius 3 is 2.19 bits per heavy atom. The molecular formula is C22H27NO4. The summed E-state index contributed by atoms with van der Waals surface area (Å²) >= 11 is 0. The van der Waals surface area contributed by atoms with Crippen molar-refractivity contribution in [3.8, 4) is 11.5 Å². The molecule has 0 fully saturated rings. The number of hydrogen-bond acceptors (Lipinski definition) is 4. The number of nitrogens with one attached hydrogen (secondary N) is 1. The molecule has 0 radical (unpaired) electrons. The van der Waals surface area contributed by atoms with Gasteiger partial charge in [-0.05, 0) is 61.7 Å². The number of methoxy groups -OCH3 is 1. The Balaban J connectivity index is 1.74. The predicted octanol–water partition coefficient (Wildman–Crippen LogP) is 4.32. The summed E-state index contributed by atoms with van der Waals surface area (Å²) in [5.74, 6) is 1.53.